The second-order valence-electron chi connectivity index (χ2n) is 6.70. The fraction of sp³-hybridized carbons (Fsp3) is 0.875. The molecule has 1 N–H and O–H groups in total. The van der Waals surface area contributed by atoms with E-state index in [-0.39, 0.29) is 23.8 Å². The molecular weight excluding hydrogens is 284 g/mol. The maximum atomic E-state index is 13.0. The molecule has 4 nitrogen and oxygen atoms in total. The molecule has 2 atom stereocenters. The summed E-state index contributed by atoms with van der Waals surface area (Å²) in [4.78, 5) is 27.3. The van der Waals surface area contributed by atoms with Gasteiger partial charge in [0.15, 0.2) is 0 Å². The van der Waals surface area contributed by atoms with Crippen molar-refractivity contribution in [3.63, 3.8) is 0 Å². The molecule has 1 aliphatic heterocycles. The van der Waals surface area contributed by atoms with Gasteiger partial charge in [0.25, 0.3) is 0 Å². The van der Waals surface area contributed by atoms with Gasteiger partial charge in [0.1, 0.15) is 11.6 Å². The van der Waals surface area contributed by atoms with Crippen molar-refractivity contribution in [2.75, 3.05) is 18.1 Å². The highest BCUT2D eigenvalue weighted by atomic mass is 32.2. The Morgan fingerprint density at radius 2 is 2.05 bits per heavy atom. The van der Waals surface area contributed by atoms with Crippen LogP contribution in [-0.2, 0) is 9.59 Å². The quantitative estimate of drug-likeness (QED) is 0.734. The van der Waals surface area contributed by atoms with Crippen LogP contribution in [0.1, 0.15) is 47.0 Å². The van der Waals surface area contributed by atoms with Gasteiger partial charge in [-0.05, 0) is 49.5 Å². The van der Waals surface area contributed by atoms with E-state index in [9.17, 15) is 9.59 Å². The summed E-state index contributed by atoms with van der Waals surface area (Å²) in [5.74, 6) is 2.78. The van der Waals surface area contributed by atoms with E-state index in [1.165, 1.54) is 0 Å². The van der Waals surface area contributed by atoms with Gasteiger partial charge >= 0.3 is 0 Å². The van der Waals surface area contributed by atoms with Crippen LogP contribution in [0.15, 0.2) is 0 Å². The molecule has 1 aliphatic carbocycles. The van der Waals surface area contributed by atoms with Gasteiger partial charge < -0.3 is 10.2 Å². The first-order valence-corrected chi connectivity index (χ1v) is 9.28. The van der Waals surface area contributed by atoms with Crippen molar-refractivity contribution in [1.29, 1.82) is 0 Å². The van der Waals surface area contributed by atoms with Crippen LogP contribution in [0, 0.1) is 11.8 Å². The predicted octanol–water partition coefficient (Wildman–Crippen LogP) is 2.28. The second-order valence-corrected chi connectivity index (χ2v) is 8.10. The minimum absolute atomic E-state index is 0.0298. The summed E-state index contributed by atoms with van der Waals surface area (Å²) in [6.07, 6.45) is 3.06. The summed E-state index contributed by atoms with van der Waals surface area (Å²) in [6, 6.07) is -0.309. The van der Waals surface area contributed by atoms with Crippen LogP contribution in [0.5, 0.6) is 0 Å². The molecule has 0 bridgehead atoms. The van der Waals surface area contributed by atoms with Gasteiger partial charge in [-0.3, -0.25) is 9.59 Å². The summed E-state index contributed by atoms with van der Waals surface area (Å²) < 4.78 is 0. The number of piperazine rings is 1. The molecule has 0 spiro atoms. The second kappa shape index (κ2) is 6.59. The van der Waals surface area contributed by atoms with Crippen molar-refractivity contribution < 1.29 is 9.59 Å². The van der Waals surface area contributed by atoms with Gasteiger partial charge in [-0.2, -0.15) is 11.8 Å². The first-order chi connectivity index (χ1) is 9.91. The van der Waals surface area contributed by atoms with Crippen LogP contribution in [0.4, 0.5) is 0 Å². The van der Waals surface area contributed by atoms with Crippen LogP contribution < -0.4 is 5.32 Å². The van der Waals surface area contributed by atoms with Gasteiger partial charge in [-0.15, -0.1) is 0 Å². The lowest BCUT2D eigenvalue weighted by Gasteiger charge is -2.46. The van der Waals surface area contributed by atoms with E-state index in [0.717, 1.165) is 30.8 Å². The van der Waals surface area contributed by atoms with Crippen molar-refractivity contribution in [2.45, 2.75) is 58.5 Å². The Balaban J connectivity index is 2.12. The SMILES string of the molecule is CCSCCCN1C(=O)C(C)(C2CC2)NC(=O)C1C(C)C. The number of carbonyl (C=O) groups is 2. The van der Waals surface area contributed by atoms with Crippen LogP contribution in [0.2, 0.25) is 0 Å². The largest absolute Gasteiger partial charge is 0.340 e. The third-order valence-corrected chi connectivity index (χ3v) is 5.60. The number of carbonyl (C=O) groups excluding carboxylic acids is 2. The molecule has 2 rings (SSSR count). The highest BCUT2D eigenvalue weighted by Gasteiger charge is 2.55. The zero-order chi connectivity index (χ0) is 15.6. The summed E-state index contributed by atoms with van der Waals surface area (Å²) in [5.41, 5.74) is -0.666. The van der Waals surface area contributed by atoms with Crippen LogP contribution in [0.3, 0.4) is 0 Å². The summed E-state index contributed by atoms with van der Waals surface area (Å²) in [6.45, 7) is 8.79. The topological polar surface area (TPSA) is 49.4 Å². The molecule has 0 aromatic carbocycles. The zero-order valence-corrected chi connectivity index (χ0v) is 14.5. The minimum Gasteiger partial charge on any atom is -0.340 e. The zero-order valence-electron chi connectivity index (χ0n) is 13.6. The molecule has 1 saturated carbocycles. The Labute approximate surface area is 132 Å². The Morgan fingerprint density at radius 3 is 2.57 bits per heavy atom. The van der Waals surface area contributed by atoms with E-state index in [1.807, 2.05) is 37.4 Å². The Kier molecular flexibility index (Phi) is 5.23. The number of rotatable bonds is 7. The molecule has 1 heterocycles. The molecule has 2 amide bonds. The highest BCUT2D eigenvalue weighted by molar-refractivity contribution is 7.99. The molecular formula is C16H28N2O2S. The summed E-state index contributed by atoms with van der Waals surface area (Å²) in [5, 5.41) is 3.03. The van der Waals surface area contributed by atoms with Crippen molar-refractivity contribution in [3.05, 3.63) is 0 Å². The van der Waals surface area contributed by atoms with Gasteiger partial charge in [-0.25, -0.2) is 0 Å². The van der Waals surface area contributed by atoms with E-state index in [4.69, 9.17) is 0 Å². The first-order valence-electron chi connectivity index (χ1n) is 8.12. The number of thioether (sulfide) groups is 1. The maximum absolute atomic E-state index is 13.0. The van der Waals surface area contributed by atoms with E-state index in [0.29, 0.717) is 12.5 Å². The van der Waals surface area contributed by atoms with Crippen LogP contribution in [-0.4, -0.2) is 46.3 Å². The molecule has 2 fully saturated rings. The first kappa shape index (κ1) is 16.7. The van der Waals surface area contributed by atoms with Gasteiger partial charge in [0.2, 0.25) is 11.8 Å². The Morgan fingerprint density at radius 1 is 1.38 bits per heavy atom. The smallest absolute Gasteiger partial charge is 0.249 e. The molecule has 5 heteroatoms. The monoisotopic (exact) mass is 312 g/mol. The molecule has 0 aromatic rings. The predicted molar refractivity (Wildman–Crippen MR) is 87.2 cm³/mol. The molecule has 2 aliphatic rings. The molecule has 120 valence electrons. The number of hydrogen-bond donors (Lipinski definition) is 1. The minimum atomic E-state index is -0.666. The van der Waals surface area contributed by atoms with Gasteiger partial charge in [0, 0.05) is 6.54 Å². The van der Waals surface area contributed by atoms with Crippen molar-refractivity contribution in [1.82, 2.24) is 10.2 Å². The average molecular weight is 312 g/mol. The lowest BCUT2D eigenvalue weighted by atomic mass is 9.86. The van der Waals surface area contributed by atoms with Crippen molar-refractivity contribution in [3.8, 4) is 0 Å². The summed E-state index contributed by atoms with van der Waals surface area (Å²) in [7, 11) is 0. The molecule has 2 unspecified atom stereocenters. The molecule has 1 saturated heterocycles. The van der Waals surface area contributed by atoms with Crippen LogP contribution in [0.25, 0.3) is 0 Å². The van der Waals surface area contributed by atoms with E-state index < -0.39 is 5.54 Å². The van der Waals surface area contributed by atoms with Crippen molar-refractivity contribution in [2.24, 2.45) is 11.8 Å². The highest BCUT2D eigenvalue weighted by Crippen LogP contribution is 2.42. The average Bonchev–Trinajstić information content (AvgIpc) is 3.24. The van der Waals surface area contributed by atoms with E-state index in [2.05, 4.69) is 12.2 Å². The van der Waals surface area contributed by atoms with Gasteiger partial charge in [0.05, 0.1) is 0 Å². The standard InChI is InChI=1S/C16H28N2O2S/c1-5-21-10-6-9-18-13(11(2)3)14(19)17-16(4,15(18)20)12-7-8-12/h11-13H,5-10H2,1-4H3,(H,17,19). The Bertz CT molecular complexity index is 409. The Hall–Kier alpha value is -0.710. The van der Waals surface area contributed by atoms with Crippen LogP contribution >= 0.6 is 11.8 Å². The lowest BCUT2D eigenvalue weighted by Crippen LogP contribution is -2.71. The third-order valence-electron chi connectivity index (χ3n) is 4.61. The van der Waals surface area contributed by atoms with E-state index >= 15 is 0 Å². The molecule has 21 heavy (non-hydrogen) atoms. The normalized spacial score (nSPS) is 30.0. The number of nitrogens with one attached hydrogen (secondary N) is 1. The van der Waals surface area contributed by atoms with E-state index in [1.54, 1.807) is 0 Å². The fourth-order valence-corrected chi connectivity index (χ4v) is 3.89. The lowest BCUT2D eigenvalue weighted by molar-refractivity contribution is -0.157. The molecule has 0 aromatic heterocycles. The maximum Gasteiger partial charge on any atom is 0.249 e. The van der Waals surface area contributed by atoms with Crippen molar-refractivity contribution >= 4 is 23.6 Å². The summed E-state index contributed by atoms with van der Waals surface area (Å²) >= 11 is 1.89. The van der Waals surface area contributed by atoms with Gasteiger partial charge in [-0.1, -0.05) is 20.8 Å². The molecule has 0 radical (unpaired) electrons. The fourth-order valence-electron chi connectivity index (χ4n) is 3.27. The number of amides is 2. The number of hydrogen-bond acceptors (Lipinski definition) is 3. The number of nitrogens with zero attached hydrogens (tertiary/aromatic N) is 1. The third kappa shape index (κ3) is 3.38.